The van der Waals surface area contributed by atoms with E-state index in [2.05, 4.69) is 4.90 Å². The molecule has 1 aliphatic rings. The lowest BCUT2D eigenvalue weighted by molar-refractivity contribution is -0.129. The molecule has 0 aliphatic carbocycles. The Kier molecular flexibility index (Phi) is 7.75. The third-order valence-corrected chi connectivity index (χ3v) is 6.21. The molecule has 1 amide bonds. The largest absolute Gasteiger partial charge is 0.491 e. The van der Waals surface area contributed by atoms with Gasteiger partial charge in [-0.25, -0.2) is 0 Å². The average Bonchev–Trinajstić information content (AvgIpc) is 2.77. The monoisotopic (exact) mass is 448 g/mol. The van der Waals surface area contributed by atoms with Gasteiger partial charge in [-0.15, -0.1) is 0 Å². The molecule has 0 N–H and O–H groups in total. The van der Waals surface area contributed by atoms with Crippen molar-refractivity contribution in [1.82, 2.24) is 4.90 Å². The minimum Gasteiger partial charge on any atom is -0.491 e. The molecule has 3 rings (SSSR count). The first kappa shape index (κ1) is 22.9. The highest BCUT2D eigenvalue weighted by molar-refractivity contribution is 7.87. The van der Waals surface area contributed by atoms with Crippen LogP contribution in [-0.4, -0.2) is 65.2 Å². The third-order valence-electron chi connectivity index (χ3n) is 4.95. The molecule has 0 spiro atoms. The summed E-state index contributed by atoms with van der Waals surface area (Å²) < 4.78 is 41.1. The number of carbonyl (C=O) groups excluding carboxylic acids is 1. The number of nitrogens with zero attached hydrogens (tertiary/aromatic N) is 2. The van der Waals surface area contributed by atoms with Crippen LogP contribution in [0.3, 0.4) is 0 Å². The quantitative estimate of drug-likeness (QED) is 0.430. The summed E-state index contributed by atoms with van der Waals surface area (Å²) >= 11 is 0. The Balaban J connectivity index is 1.57. The Morgan fingerprint density at radius 3 is 2.10 bits per heavy atom. The number of amides is 1. The van der Waals surface area contributed by atoms with Gasteiger partial charge in [0.1, 0.15) is 23.0 Å². The number of anilines is 1. The van der Waals surface area contributed by atoms with Crippen LogP contribution in [-0.2, 0) is 19.6 Å². The second kappa shape index (κ2) is 10.5. The van der Waals surface area contributed by atoms with Crippen LogP contribution in [0.25, 0.3) is 0 Å². The normalized spacial score (nSPS) is 14.4. The molecule has 0 aromatic heterocycles. The Morgan fingerprint density at radius 1 is 0.903 bits per heavy atom. The van der Waals surface area contributed by atoms with Crippen LogP contribution in [0.4, 0.5) is 5.69 Å². The molecule has 8 nitrogen and oxygen atoms in total. The van der Waals surface area contributed by atoms with Crippen LogP contribution in [0.15, 0.2) is 53.4 Å². The molecule has 0 saturated carbocycles. The Hall–Kier alpha value is -2.78. The van der Waals surface area contributed by atoms with Gasteiger partial charge in [0.05, 0.1) is 6.61 Å². The van der Waals surface area contributed by atoms with Crippen molar-refractivity contribution in [3.8, 4) is 11.5 Å². The molecule has 2 aromatic carbocycles. The van der Waals surface area contributed by atoms with Crippen molar-refractivity contribution in [2.24, 2.45) is 0 Å². The van der Waals surface area contributed by atoms with Gasteiger partial charge in [0.15, 0.2) is 0 Å². The third kappa shape index (κ3) is 6.35. The van der Waals surface area contributed by atoms with Crippen LogP contribution < -0.4 is 13.8 Å². The van der Waals surface area contributed by atoms with E-state index in [0.29, 0.717) is 38.7 Å². The van der Waals surface area contributed by atoms with E-state index < -0.39 is 10.1 Å². The maximum absolute atomic E-state index is 12.6. The van der Waals surface area contributed by atoms with Gasteiger partial charge in [0, 0.05) is 45.4 Å². The molecular formula is C22H28N2O6S. The first-order valence-electron chi connectivity index (χ1n) is 10.2. The summed E-state index contributed by atoms with van der Waals surface area (Å²) in [6.45, 7) is 7.79. The molecule has 1 saturated heterocycles. The average molecular weight is 449 g/mol. The van der Waals surface area contributed by atoms with Crippen LogP contribution >= 0.6 is 0 Å². The van der Waals surface area contributed by atoms with Crippen LogP contribution in [0.5, 0.6) is 11.5 Å². The van der Waals surface area contributed by atoms with E-state index in [1.54, 1.807) is 31.2 Å². The summed E-state index contributed by atoms with van der Waals surface area (Å²) in [5.41, 5.74) is 0.960. The smallest absolute Gasteiger partial charge is 0.339 e. The number of rotatable bonds is 9. The van der Waals surface area contributed by atoms with Crippen LogP contribution in [0, 0.1) is 0 Å². The second-order valence-electron chi connectivity index (χ2n) is 7.04. The topological polar surface area (TPSA) is 85.4 Å². The predicted molar refractivity (Wildman–Crippen MR) is 117 cm³/mol. The van der Waals surface area contributed by atoms with Gasteiger partial charge in [0.25, 0.3) is 0 Å². The van der Waals surface area contributed by atoms with E-state index in [9.17, 15) is 13.2 Å². The number of ether oxygens (including phenoxy) is 2. The highest BCUT2D eigenvalue weighted by atomic mass is 32.2. The van der Waals surface area contributed by atoms with Crippen molar-refractivity contribution >= 4 is 21.7 Å². The Bertz CT molecular complexity index is 953. The van der Waals surface area contributed by atoms with E-state index >= 15 is 0 Å². The second-order valence-corrected chi connectivity index (χ2v) is 8.59. The number of hydrogen-bond acceptors (Lipinski definition) is 7. The maximum Gasteiger partial charge on any atom is 0.339 e. The lowest BCUT2D eigenvalue weighted by atomic mass is 10.2. The molecule has 2 aromatic rings. The Morgan fingerprint density at radius 2 is 1.52 bits per heavy atom. The maximum atomic E-state index is 12.6. The summed E-state index contributed by atoms with van der Waals surface area (Å²) in [6.07, 6.45) is 0. The van der Waals surface area contributed by atoms with Crippen molar-refractivity contribution in [3.63, 3.8) is 0 Å². The fourth-order valence-corrected chi connectivity index (χ4v) is 4.16. The first-order chi connectivity index (χ1) is 14.9. The van der Waals surface area contributed by atoms with Gasteiger partial charge < -0.3 is 23.5 Å². The van der Waals surface area contributed by atoms with Crippen molar-refractivity contribution in [2.75, 3.05) is 50.9 Å². The van der Waals surface area contributed by atoms with Gasteiger partial charge in [-0.1, -0.05) is 0 Å². The zero-order chi connectivity index (χ0) is 22.3. The summed E-state index contributed by atoms with van der Waals surface area (Å²) in [7, 11) is -3.95. The van der Waals surface area contributed by atoms with Crippen LogP contribution in [0.2, 0.25) is 0 Å². The molecule has 1 heterocycles. The summed E-state index contributed by atoms with van der Waals surface area (Å²) in [5, 5.41) is 0. The standard InChI is InChI=1S/C22H28N2O6S/c1-3-28-16-17-29-20-8-10-22(11-9-20)31(26,27)30-21-6-4-19(5-7-21)24-14-12-23(13-15-24)18(2)25/h4-11H,3,12-17H2,1-2H3. The fraction of sp³-hybridized carbons (Fsp3) is 0.409. The minimum atomic E-state index is -3.95. The van der Waals surface area contributed by atoms with E-state index in [0.717, 1.165) is 18.8 Å². The number of benzene rings is 2. The lowest BCUT2D eigenvalue weighted by Crippen LogP contribution is -2.48. The molecule has 9 heteroatoms. The fourth-order valence-electron chi connectivity index (χ4n) is 3.23. The number of hydrogen-bond donors (Lipinski definition) is 0. The zero-order valence-corrected chi connectivity index (χ0v) is 18.6. The molecule has 0 radical (unpaired) electrons. The summed E-state index contributed by atoms with van der Waals surface area (Å²) in [4.78, 5) is 15.5. The van der Waals surface area contributed by atoms with E-state index in [4.69, 9.17) is 13.7 Å². The van der Waals surface area contributed by atoms with Crippen LogP contribution in [0.1, 0.15) is 13.8 Å². The van der Waals surface area contributed by atoms with Gasteiger partial charge in [-0.2, -0.15) is 8.42 Å². The predicted octanol–water partition coefficient (Wildman–Crippen LogP) is 2.54. The lowest BCUT2D eigenvalue weighted by Gasteiger charge is -2.35. The molecule has 0 bridgehead atoms. The molecule has 1 fully saturated rings. The highest BCUT2D eigenvalue weighted by Gasteiger charge is 2.20. The van der Waals surface area contributed by atoms with Crippen molar-refractivity contribution < 1.29 is 26.9 Å². The zero-order valence-electron chi connectivity index (χ0n) is 17.8. The van der Waals surface area contributed by atoms with E-state index in [-0.39, 0.29) is 16.6 Å². The SMILES string of the molecule is CCOCCOc1ccc(S(=O)(=O)Oc2ccc(N3CCN(C(C)=O)CC3)cc2)cc1. The number of piperazine rings is 1. The molecule has 0 atom stereocenters. The number of carbonyl (C=O) groups is 1. The van der Waals surface area contributed by atoms with Gasteiger partial charge in [-0.3, -0.25) is 4.79 Å². The van der Waals surface area contributed by atoms with Crippen molar-refractivity contribution in [3.05, 3.63) is 48.5 Å². The molecule has 31 heavy (non-hydrogen) atoms. The Labute approximate surface area is 183 Å². The van der Waals surface area contributed by atoms with Gasteiger partial charge in [-0.05, 0) is 55.5 Å². The molecule has 1 aliphatic heterocycles. The minimum absolute atomic E-state index is 0.0501. The summed E-state index contributed by atoms with van der Waals surface area (Å²) in [5.74, 6) is 0.884. The van der Waals surface area contributed by atoms with E-state index in [1.807, 2.05) is 24.0 Å². The molecule has 168 valence electrons. The van der Waals surface area contributed by atoms with Gasteiger partial charge in [0.2, 0.25) is 5.91 Å². The van der Waals surface area contributed by atoms with Gasteiger partial charge >= 0.3 is 10.1 Å². The van der Waals surface area contributed by atoms with Crippen molar-refractivity contribution in [1.29, 1.82) is 0 Å². The first-order valence-corrected chi connectivity index (χ1v) is 11.7. The van der Waals surface area contributed by atoms with E-state index in [1.165, 1.54) is 12.1 Å². The summed E-state index contributed by atoms with van der Waals surface area (Å²) in [6, 6.07) is 13.0. The molecule has 0 unspecified atom stereocenters. The molecular weight excluding hydrogens is 420 g/mol. The highest BCUT2D eigenvalue weighted by Crippen LogP contribution is 2.24. The van der Waals surface area contributed by atoms with Crippen molar-refractivity contribution in [2.45, 2.75) is 18.7 Å².